The Balaban J connectivity index is 1.66. The van der Waals surface area contributed by atoms with E-state index in [1.165, 1.54) is 22.3 Å². The average Bonchev–Trinajstić information content (AvgIpc) is 3.15. The van der Waals surface area contributed by atoms with E-state index in [1.54, 1.807) is 6.08 Å². The first-order valence-corrected chi connectivity index (χ1v) is 10.2. The molecule has 1 aliphatic heterocycles. The number of halogens is 2. The van der Waals surface area contributed by atoms with E-state index in [1.807, 2.05) is 16.8 Å². The van der Waals surface area contributed by atoms with Crippen LogP contribution in [0, 0.1) is 11.6 Å². The van der Waals surface area contributed by atoms with Gasteiger partial charge in [0.15, 0.2) is 0 Å². The Labute approximate surface area is 154 Å². The van der Waals surface area contributed by atoms with Gasteiger partial charge in [0.1, 0.15) is 16.5 Å². The Morgan fingerprint density at radius 2 is 1.85 bits per heavy atom. The Morgan fingerprint density at radius 1 is 1.12 bits per heavy atom. The summed E-state index contributed by atoms with van der Waals surface area (Å²) in [5, 5.41) is 3.81. The molecule has 0 radical (unpaired) electrons. The summed E-state index contributed by atoms with van der Waals surface area (Å²) in [6.45, 7) is 0.415. The number of carbonyl (C=O) groups is 1. The third-order valence-electron chi connectivity index (χ3n) is 4.02. The zero-order valence-corrected chi connectivity index (χ0v) is 15.3. The summed E-state index contributed by atoms with van der Waals surface area (Å²) in [6.07, 6.45) is 3.14. The Kier molecular flexibility index (Phi) is 5.49. The van der Waals surface area contributed by atoms with Crippen LogP contribution in [-0.4, -0.2) is 49.7 Å². The molecule has 0 atom stereocenters. The molecule has 2 heterocycles. The molecule has 0 saturated carbocycles. The quantitative estimate of drug-likeness (QED) is 0.744. The first kappa shape index (κ1) is 18.7. The van der Waals surface area contributed by atoms with E-state index in [0.29, 0.717) is 6.07 Å². The summed E-state index contributed by atoms with van der Waals surface area (Å²) < 4.78 is 53.2. The number of nitrogens with zero attached hydrogens (tertiary/aromatic N) is 2. The summed E-state index contributed by atoms with van der Waals surface area (Å²) in [4.78, 5) is 13.0. The van der Waals surface area contributed by atoms with Crippen LogP contribution in [0.4, 0.5) is 8.78 Å². The second kappa shape index (κ2) is 7.65. The molecular weight excluding hydrogens is 382 g/mol. The predicted octanol–water partition coefficient (Wildman–Crippen LogP) is 2.57. The number of rotatable bonds is 4. The van der Waals surface area contributed by atoms with Crippen LogP contribution >= 0.6 is 11.3 Å². The smallest absolute Gasteiger partial charge is 0.246 e. The number of sulfonamides is 1. The number of amides is 1. The largest absolute Gasteiger partial charge is 0.337 e. The third kappa shape index (κ3) is 4.00. The van der Waals surface area contributed by atoms with Crippen LogP contribution in [0.25, 0.3) is 6.08 Å². The minimum absolute atomic E-state index is 0.0241. The molecule has 3 rings (SSSR count). The second-order valence-electron chi connectivity index (χ2n) is 5.69. The highest BCUT2D eigenvalue weighted by atomic mass is 32.2. The Hall–Kier alpha value is -2.10. The molecule has 1 saturated heterocycles. The molecule has 2 aromatic rings. The van der Waals surface area contributed by atoms with E-state index in [4.69, 9.17) is 0 Å². The molecule has 5 nitrogen and oxygen atoms in total. The van der Waals surface area contributed by atoms with Crippen molar-refractivity contribution in [3.05, 3.63) is 58.3 Å². The fourth-order valence-corrected chi connectivity index (χ4v) is 4.73. The van der Waals surface area contributed by atoms with Crippen molar-refractivity contribution >= 4 is 33.3 Å². The fourth-order valence-electron chi connectivity index (χ4n) is 2.61. The van der Waals surface area contributed by atoms with Crippen molar-refractivity contribution in [2.75, 3.05) is 26.2 Å². The summed E-state index contributed by atoms with van der Waals surface area (Å²) >= 11 is 1.52. The van der Waals surface area contributed by atoms with Crippen LogP contribution in [0.2, 0.25) is 0 Å². The number of thiophene rings is 1. The van der Waals surface area contributed by atoms with Gasteiger partial charge in [-0.05, 0) is 46.7 Å². The van der Waals surface area contributed by atoms with Gasteiger partial charge in [-0.1, -0.05) is 0 Å². The molecule has 0 bridgehead atoms. The van der Waals surface area contributed by atoms with Crippen LogP contribution in [0.5, 0.6) is 0 Å². The molecule has 0 aliphatic carbocycles. The lowest BCUT2D eigenvalue weighted by Crippen LogP contribution is -2.50. The van der Waals surface area contributed by atoms with Gasteiger partial charge in [0.05, 0.1) is 0 Å². The molecule has 26 heavy (non-hydrogen) atoms. The molecule has 9 heteroatoms. The van der Waals surface area contributed by atoms with Crippen LogP contribution in [0.3, 0.4) is 0 Å². The van der Waals surface area contributed by atoms with Crippen molar-refractivity contribution in [3.8, 4) is 0 Å². The first-order valence-electron chi connectivity index (χ1n) is 7.82. The molecule has 0 N–H and O–H groups in total. The van der Waals surface area contributed by atoms with Gasteiger partial charge < -0.3 is 4.90 Å². The maximum absolute atomic E-state index is 13.8. The van der Waals surface area contributed by atoms with E-state index in [9.17, 15) is 22.0 Å². The van der Waals surface area contributed by atoms with Crippen molar-refractivity contribution in [3.63, 3.8) is 0 Å². The van der Waals surface area contributed by atoms with E-state index in [2.05, 4.69) is 0 Å². The first-order chi connectivity index (χ1) is 12.4. The topological polar surface area (TPSA) is 57.7 Å². The van der Waals surface area contributed by atoms with Crippen molar-refractivity contribution < 1.29 is 22.0 Å². The van der Waals surface area contributed by atoms with Gasteiger partial charge in [-0.3, -0.25) is 4.79 Å². The van der Waals surface area contributed by atoms with E-state index >= 15 is 0 Å². The van der Waals surface area contributed by atoms with Crippen LogP contribution < -0.4 is 0 Å². The van der Waals surface area contributed by atoms with Crippen LogP contribution in [0.15, 0.2) is 46.0 Å². The van der Waals surface area contributed by atoms with Gasteiger partial charge in [-0.15, -0.1) is 0 Å². The monoisotopic (exact) mass is 398 g/mol. The van der Waals surface area contributed by atoms with Crippen molar-refractivity contribution in [1.29, 1.82) is 0 Å². The van der Waals surface area contributed by atoms with Gasteiger partial charge >= 0.3 is 0 Å². The zero-order chi connectivity index (χ0) is 18.7. The van der Waals surface area contributed by atoms with Gasteiger partial charge in [-0.25, -0.2) is 17.2 Å². The fraction of sp³-hybridized carbons (Fsp3) is 0.235. The van der Waals surface area contributed by atoms with Gasteiger partial charge in [0.25, 0.3) is 0 Å². The maximum atomic E-state index is 13.8. The van der Waals surface area contributed by atoms with Crippen molar-refractivity contribution in [2.24, 2.45) is 0 Å². The van der Waals surface area contributed by atoms with Gasteiger partial charge in [0.2, 0.25) is 15.9 Å². The number of hydrogen-bond acceptors (Lipinski definition) is 4. The number of hydrogen-bond donors (Lipinski definition) is 0. The van der Waals surface area contributed by atoms with Gasteiger partial charge in [-0.2, -0.15) is 15.6 Å². The van der Waals surface area contributed by atoms with E-state index in [0.717, 1.165) is 22.0 Å². The maximum Gasteiger partial charge on any atom is 0.246 e. The normalized spacial score (nSPS) is 16.3. The minimum atomic E-state index is -4.15. The van der Waals surface area contributed by atoms with Crippen LogP contribution in [-0.2, 0) is 14.8 Å². The van der Waals surface area contributed by atoms with E-state index < -0.39 is 26.6 Å². The lowest BCUT2D eigenvalue weighted by molar-refractivity contribution is -0.127. The number of piperazine rings is 1. The standard InChI is InChI=1S/C17H16F2N2O3S2/c18-14-2-3-15(19)16(11-14)26(23,24)21-8-6-20(7-9-21)17(22)4-1-13-5-10-25-12-13/h1-5,10-12H,6-9H2. The Morgan fingerprint density at radius 3 is 2.50 bits per heavy atom. The zero-order valence-electron chi connectivity index (χ0n) is 13.6. The molecular formula is C17H16F2N2O3S2. The minimum Gasteiger partial charge on any atom is -0.337 e. The highest BCUT2D eigenvalue weighted by Gasteiger charge is 2.31. The van der Waals surface area contributed by atoms with Gasteiger partial charge in [0, 0.05) is 32.3 Å². The summed E-state index contributed by atoms with van der Waals surface area (Å²) in [5.41, 5.74) is 0.922. The molecule has 1 fully saturated rings. The molecule has 1 aromatic heterocycles. The number of benzene rings is 1. The summed E-state index contributed by atoms with van der Waals surface area (Å²) in [6, 6.07) is 4.21. The third-order valence-corrected chi connectivity index (χ3v) is 6.64. The van der Waals surface area contributed by atoms with Crippen molar-refractivity contribution in [1.82, 2.24) is 9.21 Å². The van der Waals surface area contributed by atoms with Crippen molar-refractivity contribution in [2.45, 2.75) is 4.90 Å². The van der Waals surface area contributed by atoms with E-state index in [-0.39, 0.29) is 32.1 Å². The summed E-state index contributed by atoms with van der Waals surface area (Å²) in [7, 11) is -4.15. The second-order valence-corrected chi connectivity index (χ2v) is 8.38. The molecule has 1 amide bonds. The lowest BCUT2D eigenvalue weighted by Gasteiger charge is -2.33. The SMILES string of the molecule is O=C(C=Cc1ccsc1)N1CCN(S(=O)(=O)c2cc(F)ccc2F)CC1. The predicted molar refractivity (Wildman–Crippen MR) is 95.0 cm³/mol. The highest BCUT2D eigenvalue weighted by molar-refractivity contribution is 7.89. The molecule has 0 unspecified atom stereocenters. The number of carbonyl (C=O) groups excluding carboxylic acids is 1. The van der Waals surface area contributed by atoms with Crippen LogP contribution in [0.1, 0.15) is 5.56 Å². The lowest BCUT2D eigenvalue weighted by atomic mass is 10.3. The molecule has 138 valence electrons. The molecule has 1 aliphatic rings. The summed E-state index contributed by atoms with van der Waals surface area (Å²) in [5.74, 6) is -2.04. The Bertz CT molecular complexity index is 919. The molecule has 1 aromatic carbocycles. The average molecular weight is 398 g/mol. The molecule has 0 spiro atoms. The highest BCUT2D eigenvalue weighted by Crippen LogP contribution is 2.22.